The van der Waals surface area contributed by atoms with Crippen LogP contribution in [0.1, 0.15) is 60.4 Å². The third-order valence-corrected chi connectivity index (χ3v) is 6.82. The molecule has 1 spiro atoms. The summed E-state index contributed by atoms with van der Waals surface area (Å²) < 4.78 is 5.43. The number of carbonyl (C=O) groups excluding carboxylic acids is 2. The molecule has 3 amide bonds. The van der Waals surface area contributed by atoms with Gasteiger partial charge in [0.25, 0.3) is 5.91 Å². The second kappa shape index (κ2) is 7.33. The van der Waals surface area contributed by atoms with Crippen molar-refractivity contribution in [2.75, 3.05) is 0 Å². The Kier molecular flexibility index (Phi) is 4.69. The van der Waals surface area contributed by atoms with E-state index < -0.39 is 17.2 Å². The number of benzene rings is 2. The predicted octanol–water partition coefficient (Wildman–Crippen LogP) is 4.51. The Balaban J connectivity index is 1.58. The van der Waals surface area contributed by atoms with Crippen LogP contribution in [-0.2, 0) is 23.3 Å². The fraction of sp³-hybridized carbons (Fsp3) is 0.346. The van der Waals surface area contributed by atoms with Crippen LogP contribution in [0.2, 0.25) is 0 Å². The van der Waals surface area contributed by atoms with Gasteiger partial charge in [-0.3, -0.25) is 9.69 Å². The monoisotopic (exact) mass is 430 g/mol. The van der Waals surface area contributed by atoms with E-state index in [-0.39, 0.29) is 18.4 Å². The van der Waals surface area contributed by atoms with E-state index in [1.54, 1.807) is 0 Å². The zero-order chi connectivity index (χ0) is 22.6. The first-order valence-corrected chi connectivity index (χ1v) is 11.1. The van der Waals surface area contributed by atoms with Gasteiger partial charge in [0.2, 0.25) is 0 Å². The molecule has 1 atom stereocenters. The van der Waals surface area contributed by atoms with Gasteiger partial charge in [0.05, 0.1) is 6.54 Å². The summed E-state index contributed by atoms with van der Waals surface area (Å²) in [7, 11) is 0. The maximum atomic E-state index is 13.7. The lowest BCUT2D eigenvalue weighted by Gasteiger charge is -2.33. The maximum Gasteiger partial charge on any atom is 0.336 e. The van der Waals surface area contributed by atoms with E-state index in [1.807, 2.05) is 43.3 Å². The molecule has 1 aromatic heterocycles. The van der Waals surface area contributed by atoms with Gasteiger partial charge >= 0.3 is 11.7 Å². The molecular weight excluding hydrogens is 404 g/mol. The van der Waals surface area contributed by atoms with Crippen molar-refractivity contribution in [2.24, 2.45) is 0 Å². The second-order valence-electron chi connectivity index (χ2n) is 9.19. The summed E-state index contributed by atoms with van der Waals surface area (Å²) in [5.74, 6) is 0.0325. The van der Waals surface area contributed by atoms with Crippen LogP contribution in [0.15, 0.2) is 51.7 Å². The van der Waals surface area contributed by atoms with Crippen molar-refractivity contribution in [3.05, 3.63) is 80.7 Å². The highest BCUT2D eigenvalue weighted by molar-refractivity contribution is 6.08. The SMILES string of the molecule is Cc1cc2oc(=O)cc(CN3C(=O)N[C@@]4(CCCc5ccccc54)C3=O)c2cc1C(C)C. The molecular formula is C26H26N2O4. The van der Waals surface area contributed by atoms with Crippen molar-refractivity contribution in [1.29, 1.82) is 0 Å². The summed E-state index contributed by atoms with van der Waals surface area (Å²) in [5, 5.41) is 3.74. The smallest absolute Gasteiger partial charge is 0.336 e. The van der Waals surface area contributed by atoms with Gasteiger partial charge < -0.3 is 9.73 Å². The molecule has 164 valence electrons. The minimum atomic E-state index is -1.03. The van der Waals surface area contributed by atoms with Crippen molar-refractivity contribution >= 4 is 22.9 Å². The Morgan fingerprint density at radius 3 is 2.69 bits per heavy atom. The van der Waals surface area contributed by atoms with Crippen molar-refractivity contribution in [2.45, 2.75) is 58.0 Å². The van der Waals surface area contributed by atoms with Gasteiger partial charge in [-0.15, -0.1) is 0 Å². The molecule has 6 heteroatoms. The number of fused-ring (bicyclic) bond motifs is 3. The van der Waals surface area contributed by atoms with Gasteiger partial charge in [0.1, 0.15) is 11.1 Å². The number of hydrogen-bond donors (Lipinski definition) is 1. The Morgan fingerprint density at radius 2 is 1.91 bits per heavy atom. The van der Waals surface area contributed by atoms with Gasteiger partial charge in [0, 0.05) is 11.5 Å². The van der Waals surface area contributed by atoms with Crippen molar-refractivity contribution < 1.29 is 14.0 Å². The van der Waals surface area contributed by atoms with Crippen LogP contribution >= 0.6 is 0 Å². The Morgan fingerprint density at radius 1 is 1.12 bits per heavy atom. The van der Waals surface area contributed by atoms with E-state index in [0.717, 1.165) is 40.5 Å². The zero-order valence-electron chi connectivity index (χ0n) is 18.5. The molecule has 0 radical (unpaired) electrons. The highest BCUT2D eigenvalue weighted by Gasteiger charge is 2.53. The van der Waals surface area contributed by atoms with Gasteiger partial charge in [-0.1, -0.05) is 38.1 Å². The third kappa shape index (κ3) is 3.05. The molecule has 1 saturated heterocycles. The Labute approximate surface area is 186 Å². The van der Waals surface area contributed by atoms with Crippen LogP contribution < -0.4 is 10.9 Å². The Hall–Kier alpha value is -3.41. The number of rotatable bonds is 3. The summed E-state index contributed by atoms with van der Waals surface area (Å²) in [6, 6.07) is 12.6. The lowest BCUT2D eigenvalue weighted by molar-refractivity contribution is -0.132. The fourth-order valence-electron chi connectivity index (χ4n) is 5.27. The largest absolute Gasteiger partial charge is 0.423 e. The molecule has 32 heavy (non-hydrogen) atoms. The average molecular weight is 431 g/mol. The first kappa shape index (κ1) is 20.5. The van der Waals surface area contributed by atoms with E-state index in [4.69, 9.17) is 4.42 Å². The molecule has 1 fully saturated rings. The maximum absolute atomic E-state index is 13.7. The first-order chi connectivity index (χ1) is 15.3. The number of imide groups is 1. The normalized spacial score (nSPS) is 20.3. The topological polar surface area (TPSA) is 79.6 Å². The standard InChI is InChI=1S/C26H26N2O4/c1-15(2)19-13-20-18(12-23(29)32-22(20)11-16(19)3)14-28-24(30)26(27-25(28)31)10-6-8-17-7-4-5-9-21(17)26/h4-5,7,9,11-13,15H,6,8,10,14H2,1-3H3,(H,27,31)/t26-/m1/s1. The van der Waals surface area contributed by atoms with E-state index >= 15 is 0 Å². The molecule has 1 N–H and O–H groups in total. The lowest BCUT2D eigenvalue weighted by atomic mass is 9.76. The summed E-state index contributed by atoms with van der Waals surface area (Å²) in [4.78, 5) is 40.2. The lowest BCUT2D eigenvalue weighted by Crippen LogP contribution is -2.46. The van der Waals surface area contributed by atoms with Gasteiger partial charge in [-0.05, 0) is 72.1 Å². The number of nitrogens with one attached hydrogen (secondary N) is 1. The van der Waals surface area contributed by atoms with Gasteiger partial charge in [-0.25, -0.2) is 9.59 Å². The van der Waals surface area contributed by atoms with E-state index in [1.165, 1.54) is 11.0 Å². The van der Waals surface area contributed by atoms with Crippen molar-refractivity contribution in [1.82, 2.24) is 10.2 Å². The molecule has 2 heterocycles. The molecule has 2 aromatic carbocycles. The predicted molar refractivity (Wildman–Crippen MR) is 121 cm³/mol. The minimum Gasteiger partial charge on any atom is -0.423 e. The highest BCUT2D eigenvalue weighted by atomic mass is 16.4. The van der Waals surface area contributed by atoms with Crippen molar-refractivity contribution in [3.63, 3.8) is 0 Å². The van der Waals surface area contributed by atoms with Gasteiger partial charge in [-0.2, -0.15) is 0 Å². The van der Waals surface area contributed by atoms with E-state index in [2.05, 4.69) is 19.2 Å². The summed E-state index contributed by atoms with van der Waals surface area (Å²) in [6.45, 7) is 6.23. The minimum absolute atomic E-state index is 0.0251. The molecule has 3 aromatic rings. The molecule has 1 aliphatic carbocycles. The molecule has 0 bridgehead atoms. The molecule has 5 rings (SSSR count). The summed E-state index contributed by atoms with van der Waals surface area (Å²) in [5.41, 5.74) is 3.72. The quantitative estimate of drug-likeness (QED) is 0.490. The molecule has 2 aliphatic rings. The number of aryl methyl sites for hydroxylation is 2. The number of hydrogen-bond acceptors (Lipinski definition) is 4. The van der Waals surface area contributed by atoms with Crippen LogP contribution in [0.4, 0.5) is 4.79 Å². The third-order valence-electron chi connectivity index (χ3n) is 6.82. The second-order valence-corrected chi connectivity index (χ2v) is 9.19. The molecule has 0 saturated carbocycles. The molecule has 0 unspecified atom stereocenters. The number of amides is 3. The van der Waals surface area contributed by atoms with Crippen LogP contribution in [0.5, 0.6) is 0 Å². The van der Waals surface area contributed by atoms with Crippen LogP contribution in [-0.4, -0.2) is 16.8 Å². The average Bonchev–Trinajstić information content (AvgIpc) is 2.98. The van der Waals surface area contributed by atoms with E-state index in [9.17, 15) is 14.4 Å². The zero-order valence-corrected chi connectivity index (χ0v) is 18.5. The van der Waals surface area contributed by atoms with Crippen LogP contribution in [0, 0.1) is 6.92 Å². The van der Waals surface area contributed by atoms with Gasteiger partial charge in [0.15, 0.2) is 0 Å². The molecule has 1 aliphatic heterocycles. The van der Waals surface area contributed by atoms with Crippen molar-refractivity contribution in [3.8, 4) is 0 Å². The van der Waals surface area contributed by atoms with E-state index in [0.29, 0.717) is 17.6 Å². The first-order valence-electron chi connectivity index (χ1n) is 11.1. The molecule has 6 nitrogen and oxygen atoms in total. The summed E-state index contributed by atoms with van der Waals surface area (Å²) >= 11 is 0. The number of urea groups is 1. The van der Waals surface area contributed by atoms with Crippen LogP contribution in [0.25, 0.3) is 11.0 Å². The highest BCUT2D eigenvalue weighted by Crippen LogP contribution is 2.40. The Bertz CT molecular complexity index is 1320. The summed E-state index contributed by atoms with van der Waals surface area (Å²) in [6.07, 6.45) is 2.29. The number of nitrogens with zero attached hydrogens (tertiary/aromatic N) is 1. The van der Waals surface area contributed by atoms with Crippen LogP contribution in [0.3, 0.4) is 0 Å². The number of carbonyl (C=O) groups is 2. The fourth-order valence-corrected chi connectivity index (χ4v) is 5.27.